The van der Waals surface area contributed by atoms with Crippen molar-refractivity contribution >= 4 is 29.4 Å². The lowest BCUT2D eigenvalue weighted by Crippen LogP contribution is -2.58. The summed E-state index contributed by atoms with van der Waals surface area (Å²) in [7, 11) is 0. The highest BCUT2D eigenvalue weighted by Crippen LogP contribution is 2.10. The Morgan fingerprint density at radius 3 is 1.77 bits per heavy atom. The molecule has 11 nitrogen and oxygen atoms in total. The third kappa shape index (κ3) is 11.0. The molecule has 0 saturated heterocycles. The number of nitrogens with two attached hydrogens (primary N) is 2. The molecular weight excluding hydrogens is 514 g/mol. The smallest absolute Gasteiger partial charge is 0.243 e. The Kier molecular flexibility index (Phi) is 12.9. The van der Waals surface area contributed by atoms with Gasteiger partial charge < -0.3 is 32.5 Å². The summed E-state index contributed by atoms with van der Waals surface area (Å²) in [5.74, 6) is -3.37. The summed E-state index contributed by atoms with van der Waals surface area (Å²) >= 11 is 0. The minimum absolute atomic E-state index is 0.0318. The predicted molar refractivity (Wildman–Crippen MR) is 149 cm³/mol. The van der Waals surface area contributed by atoms with Crippen molar-refractivity contribution in [3.8, 4) is 0 Å². The van der Waals surface area contributed by atoms with E-state index in [1.807, 2.05) is 62.4 Å². The molecule has 4 amide bonds. The summed E-state index contributed by atoms with van der Waals surface area (Å²) in [4.78, 5) is 63.9. The van der Waals surface area contributed by atoms with E-state index in [-0.39, 0.29) is 31.0 Å². The molecule has 0 heterocycles. The number of ketones is 1. The van der Waals surface area contributed by atoms with Crippen LogP contribution in [0.3, 0.4) is 0 Å². The van der Waals surface area contributed by atoms with E-state index in [1.54, 1.807) is 12.1 Å². The molecule has 0 spiro atoms. The van der Waals surface area contributed by atoms with E-state index in [1.165, 1.54) is 0 Å². The van der Waals surface area contributed by atoms with Crippen molar-refractivity contribution < 1.29 is 29.1 Å². The summed E-state index contributed by atoms with van der Waals surface area (Å²) in [6, 6.07) is 13.5. The average molecular weight is 554 g/mol. The summed E-state index contributed by atoms with van der Waals surface area (Å²) < 4.78 is 0. The summed E-state index contributed by atoms with van der Waals surface area (Å²) in [5.41, 5.74) is 12.5. The number of primary amides is 1. The van der Waals surface area contributed by atoms with Crippen LogP contribution in [-0.2, 0) is 36.8 Å². The largest absolute Gasteiger partial charge is 0.394 e. The molecule has 2 rings (SSSR count). The maximum absolute atomic E-state index is 13.4. The van der Waals surface area contributed by atoms with Gasteiger partial charge in [0.15, 0.2) is 5.78 Å². The zero-order chi connectivity index (χ0) is 29.7. The summed E-state index contributed by atoms with van der Waals surface area (Å²) in [5, 5.41) is 16.8. The molecule has 0 saturated carbocycles. The Balaban J connectivity index is 2.25. The quantitative estimate of drug-likeness (QED) is 0.165. The van der Waals surface area contributed by atoms with Crippen LogP contribution in [0.15, 0.2) is 60.7 Å². The maximum atomic E-state index is 13.4. The normalized spacial score (nSPS) is 13.9. The van der Waals surface area contributed by atoms with Crippen molar-refractivity contribution in [3.05, 3.63) is 71.8 Å². The van der Waals surface area contributed by atoms with Crippen molar-refractivity contribution in [1.29, 1.82) is 0 Å². The lowest BCUT2D eigenvalue weighted by molar-refractivity contribution is -0.135. The number of aliphatic hydroxyl groups excluding tert-OH is 1. The van der Waals surface area contributed by atoms with Gasteiger partial charge in [-0.2, -0.15) is 0 Å². The number of Topliss-reactive ketones (excluding diaryl/α,β-unsaturated/α-hetero) is 1. The first-order valence-electron chi connectivity index (χ1n) is 13.2. The van der Waals surface area contributed by atoms with Crippen LogP contribution in [0.1, 0.15) is 37.8 Å². The highest BCUT2D eigenvalue weighted by molar-refractivity contribution is 5.97. The SMILES string of the molecule is CC(C)C[C@H](NC(=O)[C@@H](N)CO)C(=O)N[C@@H](CC(N)=O)C(=O)N[C@@H](Cc1ccccc1)C(=O)Cc1ccccc1. The number of carbonyl (C=O) groups excluding carboxylic acids is 5. The standard InChI is InChI=1S/C29H39N5O6/c1-18(2)13-23(33-27(38)21(30)17-35)28(39)34-24(16-26(31)37)29(40)32-22(14-19-9-5-3-6-10-19)25(36)15-20-11-7-4-8-12-20/h3-12,18,21-24,35H,13-17,30H2,1-2H3,(H2,31,37)(H,32,40)(H,33,38)(H,34,39)/t21-,22-,23-,24-/m0/s1. The van der Waals surface area contributed by atoms with Crippen LogP contribution in [0.4, 0.5) is 0 Å². The Bertz CT molecular complexity index is 1140. The topological polar surface area (TPSA) is 194 Å². The van der Waals surface area contributed by atoms with Crippen LogP contribution in [-0.4, -0.2) is 65.3 Å². The molecule has 4 atom stereocenters. The fraction of sp³-hybridized carbons (Fsp3) is 0.414. The van der Waals surface area contributed by atoms with E-state index in [4.69, 9.17) is 16.6 Å². The molecule has 0 aliphatic heterocycles. The molecule has 0 fully saturated rings. The van der Waals surface area contributed by atoms with E-state index in [9.17, 15) is 24.0 Å². The second kappa shape index (κ2) is 16.1. The third-order valence-corrected chi connectivity index (χ3v) is 6.12. The Hall–Kier alpha value is -4.09. The summed E-state index contributed by atoms with van der Waals surface area (Å²) in [6.07, 6.45) is -0.0620. The minimum Gasteiger partial charge on any atom is -0.394 e. The molecule has 0 aliphatic rings. The number of carbonyl (C=O) groups is 5. The molecule has 0 radical (unpaired) electrons. The number of benzene rings is 2. The fourth-order valence-electron chi connectivity index (χ4n) is 4.04. The predicted octanol–water partition coefficient (Wildman–Crippen LogP) is -0.264. The molecule has 0 bridgehead atoms. The second-order valence-corrected chi connectivity index (χ2v) is 10.1. The Morgan fingerprint density at radius 2 is 1.25 bits per heavy atom. The molecule has 2 aromatic carbocycles. The van der Waals surface area contributed by atoms with Gasteiger partial charge in [-0.15, -0.1) is 0 Å². The van der Waals surface area contributed by atoms with Gasteiger partial charge in [-0.25, -0.2) is 0 Å². The van der Waals surface area contributed by atoms with Crippen LogP contribution in [0.2, 0.25) is 0 Å². The first-order chi connectivity index (χ1) is 19.0. The average Bonchev–Trinajstić information content (AvgIpc) is 2.91. The molecule has 0 aliphatic carbocycles. The van der Waals surface area contributed by atoms with Gasteiger partial charge in [0.2, 0.25) is 23.6 Å². The Labute approximate surface area is 234 Å². The van der Waals surface area contributed by atoms with Gasteiger partial charge >= 0.3 is 0 Å². The molecule has 0 unspecified atom stereocenters. The number of hydrogen-bond donors (Lipinski definition) is 6. The molecule has 40 heavy (non-hydrogen) atoms. The number of hydrogen-bond acceptors (Lipinski definition) is 7. The van der Waals surface area contributed by atoms with Crippen molar-refractivity contribution in [2.45, 2.75) is 63.7 Å². The van der Waals surface area contributed by atoms with Crippen molar-refractivity contribution in [3.63, 3.8) is 0 Å². The zero-order valence-corrected chi connectivity index (χ0v) is 22.8. The molecule has 8 N–H and O–H groups in total. The van der Waals surface area contributed by atoms with Gasteiger partial charge in [0.05, 0.1) is 19.1 Å². The van der Waals surface area contributed by atoms with Crippen LogP contribution >= 0.6 is 0 Å². The zero-order valence-electron chi connectivity index (χ0n) is 22.8. The minimum atomic E-state index is -1.40. The molecular formula is C29H39N5O6. The third-order valence-electron chi connectivity index (χ3n) is 6.12. The lowest BCUT2D eigenvalue weighted by atomic mass is 9.97. The monoisotopic (exact) mass is 553 g/mol. The van der Waals surface area contributed by atoms with Gasteiger partial charge in [0.25, 0.3) is 0 Å². The second-order valence-electron chi connectivity index (χ2n) is 10.1. The molecule has 216 valence electrons. The van der Waals surface area contributed by atoms with E-state index < -0.39 is 60.8 Å². The van der Waals surface area contributed by atoms with E-state index in [0.717, 1.165) is 11.1 Å². The van der Waals surface area contributed by atoms with Gasteiger partial charge in [-0.05, 0) is 29.9 Å². The van der Waals surface area contributed by atoms with Crippen molar-refractivity contribution in [1.82, 2.24) is 16.0 Å². The first kappa shape index (κ1) is 32.1. The van der Waals surface area contributed by atoms with E-state index in [2.05, 4.69) is 16.0 Å². The number of aliphatic hydroxyl groups is 1. The Morgan fingerprint density at radius 1 is 0.750 bits per heavy atom. The molecule has 2 aromatic rings. The fourth-order valence-corrected chi connectivity index (χ4v) is 4.04. The highest BCUT2D eigenvalue weighted by atomic mass is 16.3. The van der Waals surface area contributed by atoms with Crippen LogP contribution < -0.4 is 27.4 Å². The summed E-state index contributed by atoms with van der Waals surface area (Å²) in [6.45, 7) is 3.05. The molecule has 11 heteroatoms. The highest BCUT2D eigenvalue weighted by Gasteiger charge is 2.31. The number of rotatable bonds is 16. The first-order valence-corrected chi connectivity index (χ1v) is 13.2. The van der Waals surface area contributed by atoms with E-state index >= 15 is 0 Å². The van der Waals surface area contributed by atoms with Crippen molar-refractivity contribution in [2.75, 3.05) is 6.61 Å². The van der Waals surface area contributed by atoms with Crippen LogP contribution in [0.5, 0.6) is 0 Å². The van der Waals surface area contributed by atoms with Crippen LogP contribution in [0.25, 0.3) is 0 Å². The van der Waals surface area contributed by atoms with Gasteiger partial charge in [0.1, 0.15) is 18.1 Å². The van der Waals surface area contributed by atoms with E-state index in [0.29, 0.717) is 0 Å². The van der Waals surface area contributed by atoms with Gasteiger partial charge in [-0.1, -0.05) is 74.5 Å². The van der Waals surface area contributed by atoms with Crippen LogP contribution in [0, 0.1) is 5.92 Å². The van der Waals surface area contributed by atoms with Crippen molar-refractivity contribution in [2.24, 2.45) is 17.4 Å². The number of nitrogens with one attached hydrogen (secondary N) is 3. The number of amides is 4. The molecule has 0 aromatic heterocycles. The lowest BCUT2D eigenvalue weighted by Gasteiger charge is -2.26. The maximum Gasteiger partial charge on any atom is 0.243 e. The van der Waals surface area contributed by atoms with Gasteiger partial charge in [-0.3, -0.25) is 24.0 Å². The van der Waals surface area contributed by atoms with Gasteiger partial charge in [0, 0.05) is 6.42 Å².